The fourth-order valence-corrected chi connectivity index (χ4v) is 2.36. The Kier molecular flexibility index (Phi) is 5.95. The van der Waals surface area contributed by atoms with Crippen LogP contribution in [0.1, 0.15) is 22.8 Å². The monoisotopic (exact) mass is 324 g/mol. The van der Waals surface area contributed by atoms with Gasteiger partial charge in [0.25, 0.3) is 5.91 Å². The van der Waals surface area contributed by atoms with Crippen LogP contribution in [-0.4, -0.2) is 25.7 Å². The normalized spacial score (nSPS) is 11.5. The summed E-state index contributed by atoms with van der Waals surface area (Å²) >= 11 is 0. The van der Waals surface area contributed by atoms with Crippen LogP contribution in [0.4, 0.5) is 5.69 Å². The van der Waals surface area contributed by atoms with Gasteiger partial charge in [0.15, 0.2) is 0 Å². The topological polar surface area (TPSA) is 87.1 Å². The lowest BCUT2D eigenvalue weighted by Gasteiger charge is -2.14. The minimum absolute atomic E-state index is 0.117. The maximum Gasteiger partial charge on any atom is 0.251 e. The number of azide groups is 1. The largest absolute Gasteiger partial charge is 0.383 e. The summed E-state index contributed by atoms with van der Waals surface area (Å²) in [5.74, 6) is -0.233. The minimum Gasteiger partial charge on any atom is -0.383 e. The molecule has 0 aliphatic rings. The van der Waals surface area contributed by atoms with Crippen molar-refractivity contribution in [3.63, 3.8) is 0 Å². The van der Waals surface area contributed by atoms with E-state index >= 15 is 0 Å². The van der Waals surface area contributed by atoms with Gasteiger partial charge in [-0.05, 0) is 48.7 Å². The molecule has 0 spiro atoms. The lowest BCUT2D eigenvalue weighted by atomic mass is 10.0. The molecule has 0 aliphatic carbocycles. The van der Waals surface area contributed by atoms with Crippen LogP contribution >= 0.6 is 0 Å². The average molecular weight is 324 g/mol. The third-order valence-electron chi connectivity index (χ3n) is 3.52. The molecule has 1 unspecified atom stereocenters. The third-order valence-corrected chi connectivity index (χ3v) is 3.52. The number of hydrogen-bond acceptors (Lipinski definition) is 3. The molecule has 0 heterocycles. The fraction of sp³-hybridized carbons (Fsp3) is 0.278. The van der Waals surface area contributed by atoms with Crippen LogP contribution in [0.2, 0.25) is 0 Å². The number of nitrogens with one attached hydrogen (secondary N) is 1. The Morgan fingerprint density at radius 3 is 2.58 bits per heavy atom. The van der Waals surface area contributed by atoms with Crippen molar-refractivity contribution < 1.29 is 9.53 Å². The first kappa shape index (κ1) is 17.5. The Morgan fingerprint density at radius 2 is 1.96 bits per heavy atom. The minimum atomic E-state index is -0.233. The van der Waals surface area contributed by atoms with Crippen LogP contribution in [0, 0.1) is 6.92 Å². The Bertz CT molecular complexity index is 765. The predicted octanol–water partition coefficient (Wildman–Crippen LogP) is 4.37. The highest BCUT2D eigenvalue weighted by atomic mass is 16.5. The molecule has 1 amide bonds. The number of carbonyl (C=O) groups is 1. The SMILES string of the molecule is COCC(C)NC(=O)c1cc(N=[N+]=[N-])cc(-c2ccc(C)cc2)c1. The molecule has 124 valence electrons. The first-order valence-electron chi connectivity index (χ1n) is 7.60. The van der Waals surface area contributed by atoms with E-state index in [1.54, 1.807) is 25.3 Å². The molecule has 6 heteroatoms. The molecule has 2 rings (SSSR count). The molecule has 6 nitrogen and oxygen atoms in total. The van der Waals surface area contributed by atoms with E-state index in [1.165, 1.54) is 0 Å². The predicted molar refractivity (Wildman–Crippen MR) is 94.2 cm³/mol. The standard InChI is InChI=1S/C18H20N4O2/c1-12-4-6-14(7-5-12)15-8-16(10-17(9-15)21-22-19)18(23)20-13(2)11-24-3/h4-10,13H,11H2,1-3H3,(H,20,23). The lowest BCUT2D eigenvalue weighted by Crippen LogP contribution is -2.35. The van der Waals surface area contributed by atoms with Crippen molar-refractivity contribution in [2.75, 3.05) is 13.7 Å². The maximum atomic E-state index is 12.4. The number of ether oxygens (including phenoxy) is 1. The number of nitrogens with zero attached hydrogens (tertiary/aromatic N) is 3. The van der Waals surface area contributed by atoms with Gasteiger partial charge >= 0.3 is 0 Å². The van der Waals surface area contributed by atoms with Crippen LogP contribution in [-0.2, 0) is 4.74 Å². The van der Waals surface area contributed by atoms with E-state index in [0.717, 1.165) is 16.7 Å². The van der Waals surface area contributed by atoms with Crippen molar-refractivity contribution in [1.82, 2.24) is 5.32 Å². The lowest BCUT2D eigenvalue weighted by molar-refractivity contribution is 0.0905. The summed E-state index contributed by atoms with van der Waals surface area (Å²) in [5.41, 5.74) is 12.5. The summed E-state index contributed by atoms with van der Waals surface area (Å²) in [7, 11) is 1.58. The maximum absolute atomic E-state index is 12.4. The van der Waals surface area contributed by atoms with Gasteiger partial charge in [-0.3, -0.25) is 4.79 Å². The molecule has 0 saturated heterocycles. The van der Waals surface area contributed by atoms with Crippen LogP contribution in [0.15, 0.2) is 47.6 Å². The zero-order valence-corrected chi connectivity index (χ0v) is 14.0. The molecule has 2 aromatic carbocycles. The van der Waals surface area contributed by atoms with Gasteiger partial charge in [-0.1, -0.05) is 34.9 Å². The molecule has 0 saturated carbocycles. The van der Waals surface area contributed by atoms with Crippen molar-refractivity contribution in [2.24, 2.45) is 5.11 Å². The van der Waals surface area contributed by atoms with Gasteiger partial charge in [-0.2, -0.15) is 0 Å². The van der Waals surface area contributed by atoms with Gasteiger partial charge in [-0.25, -0.2) is 0 Å². The number of methoxy groups -OCH3 is 1. The second-order valence-electron chi connectivity index (χ2n) is 5.65. The summed E-state index contributed by atoms with van der Waals surface area (Å²) in [5, 5.41) is 6.50. The number of rotatable bonds is 6. The van der Waals surface area contributed by atoms with Gasteiger partial charge in [-0.15, -0.1) is 0 Å². The summed E-state index contributed by atoms with van der Waals surface area (Å²) < 4.78 is 5.03. The molecule has 0 bridgehead atoms. The molecular formula is C18H20N4O2. The van der Waals surface area contributed by atoms with E-state index in [9.17, 15) is 4.79 Å². The molecule has 0 fully saturated rings. The van der Waals surface area contributed by atoms with Crippen molar-refractivity contribution in [3.05, 3.63) is 64.0 Å². The highest BCUT2D eigenvalue weighted by Gasteiger charge is 2.12. The number of amides is 1. The van der Waals surface area contributed by atoms with E-state index in [-0.39, 0.29) is 11.9 Å². The highest BCUT2D eigenvalue weighted by Crippen LogP contribution is 2.27. The Balaban J connectivity index is 2.39. The van der Waals surface area contributed by atoms with Crippen LogP contribution < -0.4 is 5.32 Å². The first-order valence-corrected chi connectivity index (χ1v) is 7.60. The Morgan fingerprint density at radius 1 is 1.25 bits per heavy atom. The zero-order valence-electron chi connectivity index (χ0n) is 14.0. The van der Waals surface area contributed by atoms with Crippen LogP contribution in [0.5, 0.6) is 0 Å². The van der Waals surface area contributed by atoms with E-state index in [4.69, 9.17) is 10.3 Å². The first-order chi connectivity index (χ1) is 11.5. The highest BCUT2D eigenvalue weighted by molar-refractivity contribution is 5.96. The second-order valence-corrected chi connectivity index (χ2v) is 5.65. The van der Waals surface area contributed by atoms with Crippen molar-refractivity contribution >= 4 is 11.6 Å². The van der Waals surface area contributed by atoms with E-state index in [0.29, 0.717) is 17.9 Å². The Hall–Kier alpha value is -2.82. The third kappa shape index (κ3) is 4.59. The molecule has 1 atom stereocenters. The number of benzene rings is 2. The average Bonchev–Trinajstić information content (AvgIpc) is 2.55. The number of aryl methyl sites for hydroxylation is 1. The molecule has 0 aromatic heterocycles. The van der Waals surface area contributed by atoms with E-state index < -0.39 is 0 Å². The van der Waals surface area contributed by atoms with E-state index in [1.807, 2.05) is 38.1 Å². The van der Waals surface area contributed by atoms with Gasteiger partial charge in [0.1, 0.15) is 0 Å². The van der Waals surface area contributed by atoms with Crippen LogP contribution in [0.25, 0.3) is 21.6 Å². The summed E-state index contributed by atoms with van der Waals surface area (Å²) in [6.07, 6.45) is 0. The quantitative estimate of drug-likeness (QED) is 0.486. The molecule has 24 heavy (non-hydrogen) atoms. The second kappa shape index (κ2) is 8.15. The van der Waals surface area contributed by atoms with Crippen molar-refractivity contribution in [3.8, 4) is 11.1 Å². The summed E-state index contributed by atoms with van der Waals surface area (Å²) in [6.45, 7) is 4.29. The molecule has 1 N–H and O–H groups in total. The molecule has 0 radical (unpaired) electrons. The summed E-state index contributed by atoms with van der Waals surface area (Å²) in [4.78, 5) is 15.2. The van der Waals surface area contributed by atoms with Gasteiger partial charge in [0.05, 0.1) is 6.61 Å². The number of hydrogen-bond donors (Lipinski definition) is 1. The van der Waals surface area contributed by atoms with Gasteiger partial charge in [0, 0.05) is 29.3 Å². The fourth-order valence-electron chi connectivity index (χ4n) is 2.36. The molecular weight excluding hydrogens is 304 g/mol. The van der Waals surface area contributed by atoms with E-state index in [2.05, 4.69) is 15.3 Å². The number of carbonyl (C=O) groups excluding carboxylic acids is 1. The molecule has 0 aliphatic heterocycles. The Labute approximate surface area is 141 Å². The van der Waals surface area contributed by atoms with Crippen molar-refractivity contribution in [2.45, 2.75) is 19.9 Å². The summed E-state index contributed by atoms with van der Waals surface area (Å²) in [6, 6.07) is 12.9. The van der Waals surface area contributed by atoms with Gasteiger partial charge in [0.2, 0.25) is 0 Å². The smallest absolute Gasteiger partial charge is 0.251 e. The van der Waals surface area contributed by atoms with Gasteiger partial charge < -0.3 is 10.1 Å². The van der Waals surface area contributed by atoms with Crippen LogP contribution in [0.3, 0.4) is 0 Å². The zero-order chi connectivity index (χ0) is 17.5. The molecule has 2 aromatic rings. The van der Waals surface area contributed by atoms with Crippen molar-refractivity contribution in [1.29, 1.82) is 0 Å².